The fourth-order valence-electron chi connectivity index (χ4n) is 2.51. The van der Waals surface area contributed by atoms with E-state index in [9.17, 15) is 9.90 Å². The second-order valence-electron chi connectivity index (χ2n) is 5.21. The van der Waals surface area contributed by atoms with Crippen LogP contribution in [0.3, 0.4) is 0 Å². The summed E-state index contributed by atoms with van der Waals surface area (Å²) < 4.78 is 0. The minimum atomic E-state index is -0.843. The molecular weight excluding hydrogens is 264 g/mol. The van der Waals surface area contributed by atoms with Gasteiger partial charge in [0.25, 0.3) is 0 Å². The minimum absolute atomic E-state index is 0.416. The van der Waals surface area contributed by atoms with Crippen LogP contribution in [0.2, 0.25) is 0 Å². The van der Waals surface area contributed by atoms with E-state index in [1.165, 1.54) is 0 Å². The van der Waals surface area contributed by atoms with Crippen molar-refractivity contribution in [3.05, 3.63) is 35.4 Å². The lowest BCUT2D eigenvalue weighted by atomic mass is 10.1. The Morgan fingerprint density at radius 3 is 2.14 bits per heavy atom. The van der Waals surface area contributed by atoms with Crippen molar-refractivity contribution < 1.29 is 9.90 Å². The van der Waals surface area contributed by atoms with E-state index in [1.54, 1.807) is 12.1 Å². The van der Waals surface area contributed by atoms with Crippen molar-refractivity contribution in [1.82, 2.24) is 9.80 Å². The Hall–Kier alpha value is -1.39. The molecule has 0 amide bonds. The summed E-state index contributed by atoms with van der Waals surface area (Å²) in [5.74, 6) is -0.843. The first-order valence-electron chi connectivity index (χ1n) is 7.88. The number of carboxylic acids is 1. The molecule has 0 spiro atoms. The summed E-state index contributed by atoms with van der Waals surface area (Å²) in [6.45, 7) is 12.4. The van der Waals surface area contributed by atoms with E-state index < -0.39 is 5.97 Å². The van der Waals surface area contributed by atoms with E-state index in [0.29, 0.717) is 12.1 Å². The van der Waals surface area contributed by atoms with Crippen LogP contribution >= 0.6 is 0 Å². The molecule has 0 fully saturated rings. The van der Waals surface area contributed by atoms with Crippen LogP contribution in [0.5, 0.6) is 0 Å². The van der Waals surface area contributed by atoms with Crippen molar-refractivity contribution in [2.45, 2.75) is 33.7 Å². The van der Waals surface area contributed by atoms with Gasteiger partial charge in [-0.15, -0.1) is 0 Å². The zero-order chi connectivity index (χ0) is 15.7. The average Bonchev–Trinajstić information content (AvgIpc) is 2.50. The molecule has 1 aromatic rings. The number of rotatable bonds is 10. The van der Waals surface area contributed by atoms with Gasteiger partial charge < -0.3 is 10.0 Å². The molecule has 0 aromatic heterocycles. The van der Waals surface area contributed by atoms with Crippen molar-refractivity contribution in [2.24, 2.45) is 0 Å². The van der Waals surface area contributed by atoms with Crippen molar-refractivity contribution >= 4 is 5.97 Å². The highest BCUT2D eigenvalue weighted by molar-refractivity contribution is 5.89. The lowest BCUT2D eigenvalue weighted by molar-refractivity contribution is 0.0694. The molecule has 1 rings (SSSR count). The van der Waals surface area contributed by atoms with Crippen LogP contribution in [-0.2, 0) is 6.54 Å². The highest BCUT2D eigenvalue weighted by Crippen LogP contribution is 2.12. The second-order valence-corrected chi connectivity index (χ2v) is 5.21. The normalized spacial score (nSPS) is 11.3. The van der Waals surface area contributed by atoms with E-state index in [0.717, 1.165) is 44.7 Å². The van der Waals surface area contributed by atoms with Crippen LogP contribution in [-0.4, -0.2) is 53.6 Å². The van der Waals surface area contributed by atoms with E-state index >= 15 is 0 Å². The summed E-state index contributed by atoms with van der Waals surface area (Å²) in [4.78, 5) is 16.0. The maximum atomic E-state index is 11.2. The number of hydrogen-bond acceptors (Lipinski definition) is 3. The molecule has 0 radical (unpaired) electrons. The number of nitrogens with zero attached hydrogens (tertiary/aromatic N) is 2. The molecule has 0 saturated carbocycles. The Morgan fingerprint density at radius 2 is 1.57 bits per heavy atom. The quantitative estimate of drug-likeness (QED) is 0.720. The maximum Gasteiger partial charge on any atom is 0.336 e. The van der Waals surface area contributed by atoms with E-state index in [4.69, 9.17) is 0 Å². The van der Waals surface area contributed by atoms with Gasteiger partial charge in [0.05, 0.1) is 5.56 Å². The van der Waals surface area contributed by atoms with Crippen LogP contribution in [0.4, 0.5) is 0 Å². The molecule has 1 N–H and O–H groups in total. The average molecular weight is 292 g/mol. The number of benzene rings is 1. The first-order chi connectivity index (χ1) is 10.1. The molecule has 21 heavy (non-hydrogen) atoms. The van der Waals surface area contributed by atoms with Crippen molar-refractivity contribution in [1.29, 1.82) is 0 Å². The van der Waals surface area contributed by atoms with Gasteiger partial charge in [-0.3, -0.25) is 4.90 Å². The Balaban J connectivity index is 2.56. The van der Waals surface area contributed by atoms with Gasteiger partial charge in [0, 0.05) is 6.54 Å². The third-order valence-electron chi connectivity index (χ3n) is 3.93. The molecule has 0 unspecified atom stereocenters. The summed E-state index contributed by atoms with van der Waals surface area (Å²) >= 11 is 0. The Bertz CT molecular complexity index is 431. The lowest BCUT2D eigenvalue weighted by Gasteiger charge is -2.24. The largest absolute Gasteiger partial charge is 0.478 e. The Labute approximate surface area is 128 Å². The van der Waals surface area contributed by atoms with Crippen LogP contribution in [0.15, 0.2) is 24.3 Å². The van der Waals surface area contributed by atoms with Crippen molar-refractivity contribution in [2.75, 3.05) is 32.7 Å². The first-order valence-corrected chi connectivity index (χ1v) is 7.88. The molecule has 118 valence electrons. The van der Waals surface area contributed by atoms with Gasteiger partial charge in [0.2, 0.25) is 0 Å². The maximum absolute atomic E-state index is 11.2. The molecule has 4 nitrogen and oxygen atoms in total. The highest BCUT2D eigenvalue weighted by Gasteiger charge is 2.12. The fourth-order valence-corrected chi connectivity index (χ4v) is 2.51. The van der Waals surface area contributed by atoms with Crippen LogP contribution in [0.25, 0.3) is 0 Å². The van der Waals surface area contributed by atoms with Crippen molar-refractivity contribution in [3.63, 3.8) is 0 Å². The van der Waals surface area contributed by atoms with Gasteiger partial charge in [-0.05, 0) is 50.8 Å². The molecule has 0 aliphatic rings. The standard InChI is InChI=1S/C17H28N2O2/c1-4-18(5-2)12-9-13-19(6-3)14-15-10-7-8-11-16(15)17(20)21/h7-8,10-11H,4-6,9,12-14H2,1-3H3,(H,20,21). The summed E-state index contributed by atoms with van der Waals surface area (Å²) in [6.07, 6.45) is 1.12. The minimum Gasteiger partial charge on any atom is -0.478 e. The van der Waals surface area contributed by atoms with Gasteiger partial charge in [-0.2, -0.15) is 0 Å². The molecule has 0 saturated heterocycles. The molecule has 4 heteroatoms. The third-order valence-corrected chi connectivity index (χ3v) is 3.93. The molecule has 0 aliphatic carbocycles. The zero-order valence-electron chi connectivity index (χ0n) is 13.5. The first kappa shape index (κ1) is 17.7. The van der Waals surface area contributed by atoms with Crippen molar-refractivity contribution in [3.8, 4) is 0 Å². The number of carbonyl (C=O) groups is 1. The second kappa shape index (κ2) is 9.53. The lowest BCUT2D eigenvalue weighted by Crippen LogP contribution is -2.30. The summed E-state index contributed by atoms with van der Waals surface area (Å²) in [5.41, 5.74) is 1.31. The monoisotopic (exact) mass is 292 g/mol. The molecule has 0 atom stereocenters. The van der Waals surface area contributed by atoms with E-state index in [2.05, 4.69) is 30.6 Å². The summed E-state index contributed by atoms with van der Waals surface area (Å²) in [7, 11) is 0. The molecule has 0 aliphatic heterocycles. The number of carboxylic acid groups (broad SMARTS) is 1. The molecular formula is C17H28N2O2. The summed E-state index contributed by atoms with van der Waals surface area (Å²) in [6, 6.07) is 7.28. The van der Waals surface area contributed by atoms with Crippen LogP contribution in [0, 0.1) is 0 Å². The molecule has 0 bridgehead atoms. The number of hydrogen-bond donors (Lipinski definition) is 1. The van der Waals surface area contributed by atoms with Gasteiger partial charge in [0.15, 0.2) is 0 Å². The summed E-state index contributed by atoms with van der Waals surface area (Å²) in [5, 5.41) is 9.24. The SMILES string of the molecule is CCN(CC)CCCN(CC)Cc1ccccc1C(=O)O. The third kappa shape index (κ3) is 5.86. The van der Waals surface area contributed by atoms with Gasteiger partial charge in [-0.1, -0.05) is 39.0 Å². The number of aromatic carboxylic acids is 1. The predicted molar refractivity (Wildman–Crippen MR) is 86.8 cm³/mol. The van der Waals surface area contributed by atoms with E-state index in [-0.39, 0.29) is 0 Å². The molecule has 0 heterocycles. The van der Waals surface area contributed by atoms with Gasteiger partial charge >= 0.3 is 5.97 Å². The predicted octanol–water partition coefficient (Wildman–Crippen LogP) is 2.94. The molecule has 1 aromatic carbocycles. The van der Waals surface area contributed by atoms with Gasteiger partial charge in [-0.25, -0.2) is 4.79 Å². The van der Waals surface area contributed by atoms with Crippen LogP contribution < -0.4 is 0 Å². The van der Waals surface area contributed by atoms with E-state index in [1.807, 2.05) is 12.1 Å². The Kier molecular flexibility index (Phi) is 8.01. The highest BCUT2D eigenvalue weighted by atomic mass is 16.4. The van der Waals surface area contributed by atoms with Gasteiger partial charge in [0.1, 0.15) is 0 Å². The topological polar surface area (TPSA) is 43.8 Å². The fraction of sp³-hybridized carbons (Fsp3) is 0.588. The smallest absolute Gasteiger partial charge is 0.336 e. The zero-order valence-corrected chi connectivity index (χ0v) is 13.5. The Morgan fingerprint density at radius 1 is 1.00 bits per heavy atom. The van der Waals surface area contributed by atoms with Crippen LogP contribution in [0.1, 0.15) is 43.1 Å².